The van der Waals surface area contributed by atoms with Gasteiger partial charge < -0.3 is 0 Å². The van der Waals surface area contributed by atoms with Crippen molar-refractivity contribution in [2.45, 2.75) is 0 Å². The summed E-state index contributed by atoms with van der Waals surface area (Å²) in [5.41, 5.74) is 7.58. The van der Waals surface area contributed by atoms with E-state index in [9.17, 15) is 0 Å². The summed E-state index contributed by atoms with van der Waals surface area (Å²) in [6, 6.07) is 67.0. The molecular weight excluding hydrogens is 577 g/mol. The lowest BCUT2D eigenvalue weighted by Crippen LogP contribution is -1.88. The number of fused-ring (bicyclic) bond motifs is 8. The van der Waals surface area contributed by atoms with E-state index >= 15 is 0 Å². The Labute approximate surface area is 279 Å². The van der Waals surface area contributed by atoms with Crippen molar-refractivity contribution < 1.29 is 0 Å². The molecule has 48 heavy (non-hydrogen) atoms. The molecule has 10 aromatic carbocycles. The lowest BCUT2D eigenvalue weighted by molar-refractivity contribution is 1.67. The topological polar surface area (TPSA) is 0 Å². The van der Waals surface area contributed by atoms with Crippen LogP contribution in [-0.4, -0.2) is 0 Å². The minimum absolute atomic E-state index is 1.23. The van der Waals surface area contributed by atoms with E-state index in [2.05, 4.69) is 182 Å². The molecule has 0 N–H and O–H groups in total. The van der Waals surface area contributed by atoms with Crippen molar-refractivity contribution in [3.05, 3.63) is 182 Å². The van der Waals surface area contributed by atoms with Crippen LogP contribution in [0.2, 0.25) is 0 Å². The van der Waals surface area contributed by atoms with Gasteiger partial charge in [0.2, 0.25) is 0 Å². The zero-order valence-corrected chi connectivity index (χ0v) is 26.3. The van der Waals surface area contributed by atoms with Gasteiger partial charge in [-0.1, -0.05) is 158 Å². The molecule has 0 bridgehead atoms. The minimum atomic E-state index is 1.23. The number of benzene rings is 10. The Morgan fingerprint density at radius 2 is 0.562 bits per heavy atom. The Hall–Kier alpha value is -6.24. The van der Waals surface area contributed by atoms with E-state index in [1.165, 1.54) is 98.0 Å². The van der Waals surface area contributed by atoms with Gasteiger partial charge in [-0.2, -0.15) is 0 Å². The third-order valence-electron chi connectivity index (χ3n) is 10.2. The van der Waals surface area contributed by atoms with Gasteiger partial charge in [0.1, 0.15) is 0 Å². The first-order valence-corrected chi connectivity index (χ1v) is 16.7. The van der Waals surface area contributed by atoms with Crippen LogP contribution in [0.25, 0.3) is 98.0 Å². The molecule has 10 aromatic rings. The van der Waals surface area contributed by atoms with E-state index in [1.54, 1.807) is 0 Å². The maximum Gasteiger partial charge on any atom is -0.00266 e. The quantitative estimate of drug-likeness (QED) is 0.139. The molecule has 0 heterocycles. The lowest BCUT2D eigenvalue weighted by Gasteiger charge is -2.15. The van der Waals surface area contributed by atoms with Crippen LogP contribution < -0.4 is 0 Å². The van der Waals surface area contributed by atoms with E-state index in [-0.39, 0.29) is 0 Å². The average molecular weight is 607 g/mol. The number of hydrogen-bond donors (Lipinski definition) is 0. The van der Waals surface area contributed by atoms with Gasteiger partial charge in [-0.05, 0) is 122 Å². The minimum Gasteiger partial charge on any atom is -0.0622 e. The molecule has 0 spiro atoms. The fraction of sp³-hybridized carbons (Fsp3) is 0. The van der Waals surface area contributed by atoms with Gasteiger partial charge in [-0.25, -0.2) is 0 Å². The van der Waals surface area contributed by atoms with Crippen LogP contribution in [0.4, 0.5) is 0 Å². The largest absolute Gasteiger partial charge is 0.0622 e. The summed E-state index contributed by atoms with van der Waals surface area (Å²) in [7, 11) is 0. The van der Waals surface area contributed by atoms with Crippen molar-refractivity contribution in [2.24, 2.45) is 0 Å². The molecule has 10 rings (SSSR count). The smallest absolute Gasteiger partial charge is 0.00266 e. The van der Waals surface area contributed by atoms with Crippen LogP contribution in [0.1, 0.15) is 0 Å². The first-order valence-electron chi connectivity index (χ1n) is 16.7. The summed E-state index contributed by atoms with van der Waals surface area (Å²) < 4.78 is 0. The van der Waals surface area contributed by atoms with Crippen molar-refractivity contribution in [2.75, 3.05) is 0 Å². The molecule has 0 fully saturated rings. The molecule has 0 heteroatoms. The van der Waals surface area contributed by atoms with E-state index in [1.807, 2.05) is 0 Å². The van der Waals surface area contributed by atoms with E-state index < -0.39 is 0 Å². The highest BCUT2D eigenvalue weighted by Crippen LogP contribution is 2.42. The fourth-order valence-electron chi connectivity index (χ4n) is 7.95. The van der Waals surface area contributed by atoms with E-state index in [0.29, 0.717) is 0 Å². The number of hydrogen-bond acceptors (Lipinski definition) is 0. The third-order valence-corrected chi connectivity index (χ3v) is 10.2. The summed E-state index contributed by atoms with van der Waals surface area (Å²) in [6.07, 6.45) is 0. The van der Waals surface area contributed by atoms with E-state index in [0.717, 1.165) is 0 Å². The molecule has 222 valence electrons. The Morgan fingerprint density at radius 1 is 0.188 bits per heavy atom. The van der Waals surface area contributed by atoms with Crippen molar-refractivity contribution >= 4 is 64.6 Å². The third kappa shape index (κ3) is 4.16. The highest BCUT2D eigenvalue weighted by molar-refractivity contribution is 6.22. The summed E-state index contributed by atoms with van der Waals surface area (Å²) in [4.78, 5) is 0. The monoisotopic (exact) mass is 606 g/mol. The molecule has 0 atom stereocenters. The van der Waals surface area contributed by atoms with Crippen LogP contribution in [0.15, 0.2) is 182 Å². The van der Waals surface area contributed by atoms with Crippen LogP contribution in [0.3, 0.4) is 0 Å². The standard InChI is InChI=1S/C48H30/c1-3-11-31(12-4-1)47-41-17-9-7-15-35(41)29-45-39-23-19-33(27-37(39)21-25-43(45)47)34-20-24-40-38(28-34)22-26-44-46(40)30-36-16-8-10-18-42(36)48(44)32-13-5-2-6-14-32/h1-30H. The van der Waals surface area contributed by atoms with Crippen molar-refractivity contribution in [3.8, 4) is 33.4 Å². The maximum atomic E-state index is 2.37. The van der Waals surface area contributed by atoms with Gasteiger partial charge in [0.25, 0.3) is 0 Å². The molecule has 0 aliphatic heterocycles. The molecule has 0 aliphatic carbocycles. The highest BCUT2D eigenvalue weighted by Gasteiger charge is 2.14. The second kappa shape index (κ2) is 10.7. The van der Waals surface area contributed by atoms with Gasteiger partial charge in [-0.15, -0.1) is 0 Å². The zero-order valence-electron chi connectivity index (χ0n) is 26.3. The van der Waals surface area contributed by atoms with Gasteiger partial charge in [0.15, 0.2) is 0 Å². The van der Waals surface area contributed by atoms with Gasteiger partial charge >= 0.3 is 0 Å². The SMILES string of the molecule is c1ccc(-c2c3ccccc3cc3c2ccc2cc(-c4ccc5c(ccc6c(-c7ccccc7)c7ccccc7cc65)c4)ccc23)cc1. The molecule has 0 aliphatic rings. The molecule has 0 radical (unpaired) electrons. The zero-order chi connectivity index (χ0) is 31.6. The summed E-state index contributed by atoms with van der Waals surface area (Å²) in [6.45, 7) is 0. The van der Waals surface area contributed by atoms with Gasteiger partial charge in [0, 0.05) is 0 Å². The molecule has 0 saturated heterocycles. The Kier molecular flexibility index (Phi) is 5.98. The molecule has 0 unspecified atom stereocenters. The average Bonchev–Trinajstić information content (AvgIpc) is 3.16. The van der Waals surface area contributed by atoms with Crippen molar-refractivity contribution in [1.29, 1.82) is 0 Å². The molecular formula is C48H30. The molecule has 0 aromatic heterocycles. The lowest BCUT2D eigenvalue weighted by atomic mass is 9.88. The van der Waals surface area contributed by atoms with Crippen LogP contribution in [0, 0.1) is 0 Å². The summed E-state index contributed by atoms with van der Waals surface area (Å²) >= 11 is 0. The van der Waals surface area contributed by atoms with Crippen LogP contribution in [0.5, 0.6) is 0 Å². The fourth-order valence-corrected chi connectivity index (χ4v) is 7.95. The first-order chi connectivity index (χ1) is 23.8. The van der Waals surface area contributed by atoms with Crippen molar-refractivity contribution in [1.82, 2.24) is 0 Å². The summed E-state index contributed by atoms with van der Waals surface area (Å²) in [5.74, 6) is 0. The second-order valence-corrected chi connectivity index (χ2v) is 12.9. The highest BCUT2D eigenvalue weighted by atomic mass is 14.2. The Balaban J connectivity index is 1.14. The predicted octanol–water partition coefficient (Wildman–Crippen LogP) is 13.6. The molecule has 0 nitrogen and oxygen atoms in total. The van der Waals surface area contributed by atoms with Gasteiger partial charge in [-0.3, -0.25) is 0 Å². The second-order valence-electron chi connectivity index (χ2n) is 12.9. The maximum absolute atomic E-state index is 2.37. The molecule has 0 saturated carbocycles. The summed E-state index contributed by atoms with van der Waals surface area (Å²) in [5, 5.41) is 15.4. The number of rotatable bonds is 3. The predicted molar refractivity (Wildman–Crippen MR) is 208 cm³/mol. The van der Waals surface area contributed by atoms with Crippen LogP contribution >= 0.6 is 0 Å². The normalized spacial score (nSPS) is 11.8. The molecule has 0 amide bonds. The Morgan fingerprint density at radius 3 is 1.02 bits per heavy atom. The van der Waals surface area contributed by atoms with E-state index in [4.69, 9.17) is 0 Å². The van der Waals surface area contributed by atoms with Gasteiger partial charge in [0.05, 0.1) is 0 Å². The van der Waals surface area contributed by atoms with Crippen molar-refractivity contribution in [3.63, 3.8) is 0 Å². The van der Waals surface area contributed by atoms with Crippen LogP contribution in [-0.2, 0) is 0 Å². The Bertz CT molecular complexity index is 2660. The first kappa shape index (κ1) is 26.9.